The predicted molar refractivity (Wildman–Crippen MR) is 111 cm³/mol. The summed E-state index contributed by atoms with van der Waals surface area (Å²) in [7, 11) is 0. The third kappa shape index (κ3) is 5.95. The van der Waals surface area contributed by atoms with Crippen molar-refractivity contribution in [1.82, 2.24) is 4.90 Å². The smallest absolute Gasteiger partial charge is 0.416 e. The number of halogens is 3. The standard InChI is InChI=1S/C23H23F3N2O3/c1-16-6-2-3-10-20(16)21(17-7-4-9-19(14-17)23(24,25)26)27-31-13-12-28-11-5-8-18(15-28)22(29)30/h2-4,6-10,14H,5,11-13,15H2,1H3,(H,29,30). The molecule has 0 aliphatic carbocycles. The topological polar surface area (TPSA) is 62.1 Å². The van der Waals surface area contributed by atoms with Gasteiger partial charge in [-0.15, -0.1) is 0 Å². The van der Waals surface area contributed by atoms with Gasteiger partial charge in [0.15, 0.2) is 0 Å². The molecule has 0 bridgehead atoms. The first-order chi connectivity index (χ1) is 14.8. The van der Waals surface area contributed by atoms with Crippen LogP contribution in [0.25, 0.3) is 0 Å². The molecular formula is C23H23F3N2O3. The van der Waals surface area contributed by atoms with Crippen molar-refractivity contribution in [3.8, 4) is 0 Å². The van der Waals surface area contributed by atoms with Crippen molar-refractivity contribution >= 4 is 11.7 Å². The average Bonchev–Trinajstić information content (AvgIpc) is 2.74. The molecule has 0 spiro atoms. The molecule has 8 heteroatoms. The minimum Gasteiger partial charge on any atom is -0.478 e. The third-order valence-corrected chi connectivity index (χ3v) is 5.02. The molecule has 0 fully saturated rings. The van der Waals surface area contributed by atoms with Crippen molar-refractivity contribution in [3.05, 3.63) is 82.4 Å². The van der Waals surface area contributed by atoms with Crippen LogP contribution in [-0.4, -0.2) is 47.9 Å². The molecule has 0 amide bonds. The normalized spacial score (nSPS) is 15.5. The predicted octanol–water partition coefficient (Wildman–Crippen LogP) is 4.50. The molecule has 164 valence electrons. The van der Waals surface area contributed by atoms with Gasteiger partial charge < -0.3 is 9.94 Å². The van der Waals surface area contributed by atoms with E-state index in [0.29, 0.717) is 48.5 Å². The Labute approximate surface area is 178 Å². The van der Waals surface area contributed by atoms with Gasteiger partial charge in [-0.1, -0.05) is 47.6 Å². The molecule has 1 aliphatic rings. The second-order valence-corrected chi connectivity index (χ2v) is 7.27. The summed E-state index contributed by atoms with van der Waals surface area (Å²) in [4.78, 5) is 18.6. The van der Waals surface area contributed by atoms with Crippen LogP contribution in [0.1, 0.15) is 28.7 Å². The largest absolute Gasteiger partial charge is 0.478 e. The van der Waals surface area contributed by atoms with Gasteiger partial charge in [0.1, 0.15) is 12.3 Å². The van der Waals surface area contributed by atoms with Crippen molar-refractivity contribution in [2.24, 2.45) is 5.16 Å². The highest BCUT2D eigenvalue weighted by Crippen LogP contribution is 2.30. The number of hydrogen-bond donors (Lipinski definition) is 1. The number of rotatable bonds is 7. The molecule has 2 aromatic rings. The number of oxime groups is 1. The van der Waals surface area contributed by atoms with Crippen molar-refractivity contribution in [1.29, 1.82) is 0 Å². The van der Waals surface area contributed by atoms with Crippen LogP contribution in [0, 0.1) is 6.92 Å². The lowest BCUT2D eigenvalue weighted by molar-refractivity contribution is -0.137. The highest BCUT2D eigenvalue weighted by molar-refractivity contribution is 6.13. The third-order valence-electron chi connectivity index (χ3n) is 5.02. The molecule has 0 saturated heterocycles. The van der Waals surface area contributed by atoms with E-state index < -0.39 is 17.7 Å². The molecule has 1 aliphatic heterocycles. The number of benzene rings is 2. The fraction of sp³-hybridized carbons (Fsp3) is 0.304. The number of aliphatic carboxylic acids is 1. The SMILES string of the molecule is Cc1ccccc1C(=NOCCN1CCC=C(C(=O)O)C1)c1cccc(C(F)(F)F)c1. The minimum absolute atomic E-state index is 0.182. The number of alkyl halides is 3. The van der Waals surface area contributed by atoms with E-state index in [2.05, 4.69) is 5.16 Å². The van der Waals surface area contributed by atoms with Crippen molar-refractivity contribution in [2.75, 3.05) is 26.2 Å². The van der Waals surface area contributed by atoms with E-state index in [1.165, 1.54) is 6.07 Å². The number of carboxylic acids is 1. The van der Waals surface area contributed by atoms with E-state index in [9.17, 15) is 18.0 Å². The van der Waals surface area contributed by atoms with E-state index in [1.807, 2.05) is 24.0 Å². The number of carboxylic acid groups (broad SMARTS) is 1. The van der Waals surface area contributed by atoms with Gasteiger partial charge in [0.25, 0.3) is 0 Å². The molecule has 2 aromatic carbocycles. The van der Waals surface area contributed by atoms with Crippen LogP contribution in [0.15, 0.2) is 65.3 Å². The zero-order chi connectivity index (χ0) is 22.4. The van der Waals surface area contributed by atoms with Crippen LogP contribution >= 0.6 is 0 Å². The van der Waals surface area contributed by atoms with Crippen LogP contribution < -0.4 is 0 Å². The van der Waals surface area contributed by atoms with Crippen LogP contribution in [-0.2, 0) is 15.8 Å². The first kappa shape index (κ1) is 22.6. The molecule has 31 heavy (non-hydrogen) atoms. The summed E-state index contributed by atoms with van der Waals surface area (Å²) in [6, 6.07) is 12.3. The van der Waals surface area contributed by atoms with Gasteiger partial charge in [-0.25, -0.2) is 4.79 Å². The Morgan fingerprint density at radius 1 is 1.19 bits per heavy atom. The Morgan fingerprint density at radius 2 is 1.97 bits per heavy atom. The Balaban J connectivity index is 1.78. The van der Waals surface area contributed by atoms with Crippen LogP contribution in [0.3, 0.4) is 0 Å². The lowest BCUT2D eigenvalue weighted by atomic mass is 9.97. The maximum Gasteiger partial charge on any atom is 0.416 e. The fourth-order valence-corrected chi connectivity index (χ4v) is 3.37. The Morgan fingerprint density at radius 3 is 2.68 bits per heavy atom. The number of aryl methyl sites for hydroxylation is 1. The van der Waals surface area contributed by atoms with Crippen molar-refractivity contribution in [2.45, 2.75) is 19.5 Å². The zero-order valence-corrected chi connectivity index (χ0v) is 17.0. The van der Waals surface area contributed by atoms with Crippen LogP contribution in [0.4, 0.5) is 13.2 Å². The van der Waals surface area contributed by atoms with E-state index in [1.54, 1.807) is 24.3 Å². The summed E-state index contributed by atoms with van der Waals surface area (Å²) in [6.45, 7) is 3.52. The molecule has 0 saturated carbocycles. The summed E-state index contributed by atoms with van der Waals surface area (Å²) in [5, 5.41) is 13.3. The molecule has 3 rings (SSSR count). The maximum absolute atomic E-state index is 13.2. The van der Waals surface area contributed by atoms with Crippen LogP contribution in [0.2, 0.25) is 0 Å². The zero-order valence-electron chi connectivity index (χ0n) is 17.0. The maximum atomic E-state index is 13.2. The lowest BCUT2D eigenvalue weighted by Gasteiger charge is -2.24. The quantitative estimate of drug-likeness (QED) is 0.398. The second-order valence-electron chi connectivity index (χ2n) is 7.27. The van der Waals surface area contributed by atoms with E-state index in [-0.39, 0.29) is 6.61 Å². The highest BCUT2D eigenvalue weighted by Gasteiger charge is 2.31. The molecule has 0 radical (unpaired) electrons. The first-order valence-electron chi connectivity index (χ1n) is 9.84. The fourth-order valence-electron chi connectivity index (χ4n) is 3.37. The van der Waals surface area contributed by atoms with Crippen molar-refractivity contribution < 1.29 is 27.9 Å². The van der Waals surface area contributed by atoms with Gasteiger partial charge in [-0.3, -0.25) is 4.90 Å². The van der Waals surface area contributed by atoms with Gasteiger partial charge >= 0.3 is 12.1 Å². The van der Waals surface area contributed by atoms with E-state index in [0.717, 1.165) is 17.7 Å². The second kappa shape index (κ2) is 9.78. The highest BCUT2D eigenvalue weighted by atomic mass is 19.4. The number of nitrogens with zero attached hydrogens (tertiary/aromatic N) is 2. The summed E-state index contributed by atoms with van der Waals surface area (Å²) >= 11 is 0. The number of carbonyl (C=O) groups is 1. The summed E-state index contributed by atoms with van der Waals surface area (Å²) in [5.74, 6) is -0.935. The molecule has 0 aromatic heterocycles. The van der Waals surface area contributed by atoms with Gasteiger partial charge in [0.05, 0.1) is 5.56 Å². The molecule has 1 heterocycles. The van der Waals surface area contributed by atoms with E-state index >= 15 is 0 Å². The Bertz CT molecular complexity index is 1000. The summed E-state index contributed by atoms with van der Waals surface area (Å²) in [5.41, 5.74) is 1.74. The molecular weight excluding hydrogens is 409 g/mol. The van der Waals surface area contributed by atoms with Gasteiger partial charge in [-0.2, -0.15) is 13.2 Å². The van der Waals surface area contributed by atoms with Gasteiger partial charge in [0.2, 0.25) is 0 Å². The summed E-state index contributed by atoms with van der Waals surface area (Å²) in [6.07, 6.45) is -2.11. The molecule has 1 N–H and O–H groups in total. The summed E-state index contributed by atoms with van der Waals surface area (Å²) < 4.78 is 39.6. The van der Waals surface area contributed by atoms with Gasteiger partial charge in [0, 0.05) is 36.3 Å². The van der Waals surface area contributed by atoms with E-state index in [4.69, 9.17) is 9.94 Å². The lowest BCUT2D eigenvalue weighted by Crippen LogP contribution is -2.34. The van der Waals surface area contributed by atoms with Crippen LogP contribution in [0.5, 0.6) is 0 Å². The Hall–Kier alpha value is -3.13. The minimum atomic E-state index is -4.46. The number of hydrogen-bond acceptors (Lipinski definition) is 4. The van der Waals surface area contributed by atoms with Crippen molar-refractivity contribution in [3.63, 3.8) is 0 Å². The molecule has 5 nitrogen and oxygen atoms in total. The monoisotopic (exact) mass is 432 g/mol. The molecule has 0 atom stereocenters. The average molecular weight is 432 g/mol. The van der Waals surface area contributed by atoms with Gasteiger partial charge in [-0.05, 0) is 31.0 Å². The first-order valence-corrected chi connectivity index (χ1v) is 9.84. The Kier molecular flexibility index (Phi) is 7.12. The molecule has 0 unspecified atom stereocenters.